The molecule has 2 N–H and O–H groups in total. The number of carbonyl (C=O) groups excluding carboxylic acids is 1. The summed E-state index contributed by atoms with van der Waals surface area (Å²) in [6.07, 6.45) is 2.99. The predicted octanol–water partition coefficient (Wildman–Crippen LogP) is 1.95. The van der Waals surface area contributed by atoms with E-state index in [0.717, 1.165) is 19.3 Å². The zero-order chi connectivity index (χ0) is 14.5. The summed E-state index contributed by atoms with van der Waals surface area (Å²) in [5.41, 5.74) is -1.08. The van der Waals surface area contributed by atoms with Crippen LogP contribution in [0.15, 0.2) is 0 Å². The monoisotopic (exact) mass is 271 g/mol. The van der Waals surface area contributed by atoms with Gasteiger partial charge in [-0.15, -0.1) is 0 Å². The fourth-order valence-corrected chi connectivity index (χ4v) is 2.26. The van der Waals surface area contributed by atoms with E-state index in [1.165, 1.54) is 0 Å². The van der Waals surface area contributed by atoms with Crippen molar-refractivity contribution in [2.45, 2.75) is 64.5 Å². The smallest absolute Gasteiger partial charge is 0.329 e. The van der Waals surface area contributed by atoms with Crippen LogP contribution in [-0.4, -0.2) is 35.2 Å². The van der Waals surface area contributed by atoms with E-state index in [1.54, 1.807) is 6.92 Å². The lowest BCUT2D eigenvalue weighted by Gasteiger charge is -2.27. The van der Waals surface area contributed by atoms with E-state index in [9.17, 15) is 14.7 Å². The molecule has 5 nitrogen and oxygen atoms in total. The van der Waals surface area contributed by atoms with Crippen molar-refractivity contribution in [3.8, 4) is 0 Å². The van der Waals surface area contributed by atoms with E-state index >= 15 is 0 Å². The van der Waals surface area contributed by atoms with Gasteiger partial charge in [0, 0.05) is 6.61 Å². The highest BCUT2D eigenvalue weighted by Gasteiger charge is 2.43. The van der Waals surface area contributed by atoms with Gasteiger partial charge in [-0.05, 0) is 32.1 Å². The van der Waals surface area contributed by atoms with Crippen LogP contribution < -0.4 is 5.32 Å². The molecule has 0 spiro atoms. The van der Waals surface area contributed by atoms with Gasteiger partial charge in [-0.25, -0.2) is 4.79 Å². The number of nitrogens with one attached hydrogen (secondary N) is 1. The summed E-state index contributed by atoms with van der Waals surface area (Å²) in [7, 11) is 0. The van der Waals surface area contributed by atoms with E-state index in [1.807, 2.05) is 0 Å². The number of rotatable bonds is 7. The Morgan fingerprint density at radius 1 is 1.26 bits per heavy atom. The Labute approximate surface area is 114 Å². The molecule has 0 bridgehead atoms. The first kappa shape index (κ1) is 16.0. The molecule has 1 atom stereocenters. The average molecular weight is 271 g/mol. The Balaban J connectivity index is 2.46. The van der Waals surface area contributed by atoms with Crippen molar-refractivity contribution in [2.24, 2.45) is 5.92 Å². The third-order valence-electron chi connectivity index (χ3n) is 3.66. The van der Waals surface area contributed by atoms with Gasteiger partial charge in [0.15, 0.2) is 0 Å². The fraction of sp³-hybridized carbons (Fsp3) is 0.857. The number of carbonyl (C=O) groups is 2. The lowest BCUT2D eigenvalue weighted by molar-refractivity contribution is -0.149. The summed E-state index contributed by atoms with van der Waals surface area (Å²) < 4.78 is 5.44. The Morgan fingerprint density at radius 2 is 1.84 bits per heavy atom. The molecule has 1 unspecified atom stereocenters. The molecule has 0 aromatic heterocycles. The van der Waals surface area contributed by atoms with Crippen LogP contribution in [0.25, 0.3) is 0 Å². The molecular formula is C14H25NO4. The molecule has 110 valence electrons. The van der Waals surface area contributed by atoms with Crippen LogP contribution in [0.2, 0.25) is 0 Å². The van der Waals surface area contributed by atoms with Gasteiger partial charge in [0.1, 0.15) is 11.6 Å². The van der Waals surface area contributed by atoms with Gasteiger partial charge >= 0.3 is 5.97 Å². The van der Waals surface area contributed by atoms with Crippen molar-refractivity contribution in [2.75, 3.05) is 6.61 Å². The van der Waals surface area contributed by atoms with Gasteiger partial charge in [-0.3, -0.25) is 4.79 Å². The predicted molar refractivity (Wildman–Crippen MR) is 71.8 cm³/mol. The largest absolute Gasteiger partial charge is 0.480 e. The normalized spacial score (nSPS) is 19.4. The summed E-state index contributed by atoms with van der Waals surface area (Å²) in [6.45, 7) is 6.37. The van der Waals surface area contributed by atoms with Crippen molar-refractivity contribution in [1.29, 1.82) is 0 Å². The minimum atomic E-state index is -1.08. The number of hydrogen-bond donors (Lipinski definition) is 2. The minimum absolute atomic E-state index is 0.326. The molecule has 0 aromatic rings. The van der Waals surface area contributed by atoms with Crippen molar-refractivity contribution in [3.63, 3.8) is 0 Å². The molecule has 1 aliphatic rings. The van der Waals surface area contributed by atoms with Crippen LogP contribution in [0.3, 0.4) is 0 Å². The van der Waals surface area contributed by atoms with Gasteiger partial charge in [0.2, 0.25) is 5.91 Å². The third-order valence-corrected chi connectivity index (χ3v) is 3.66. The average Bonchev–Trinajstić information content (AvgIpc) is 2.78. The zero-order valence-corrected chi connectivity index (χ0v) is 12.1. The lowest BCUT2D eigenvalue weighted by atomic mass is 9.97. The highest BCUT2D eigenvalue weighted by molar-refractivity contribution is 5.89. The Bertz CT molecular complexity index is 321. The molecule has 1 saturated carbocycles. The van der Waals surface area contributed by atoms with Crippen LogP contribution in [0.4, 0.5) is 0 Å². The van der Waals surface area contributed by atoms with Gasteiger partial charge in [-0.2, -0.15) is 0 Å². The third kappa shape index (κ3) is 4.49. The summed E-state index contributed by atoms with van der Waals surface area (Å²) in [5.74, 6) is -0.740. The maximum Gasteiger partial charge on any atom is 0.329 e. The first-order valence-electron chi connectivity index (χ1n) is 7.04. The van der Waals surface area contributed by atoms with E-state index in [2.05, 4.69) is 19.2 Å². The van der Waals surface area contributed by atoms with Crippen LogP contribution >= 0.6 is 0 Å². The minimum Gasteiger partial charge on any atom is -0.480 e. The van der Waals surface area contributed by atoms with Crippen LogP contribution in [0, 0.1) is 5.92 Å². The zero-order valence-electron chi connectivity index (χ0n) is 12.1. The number of ether oxygens (including phenoxy) is 1. The first-order chi connectivity index (χ1) is 8.87. The maximum absolute atomic E-state index is 12.0. The van der Waals surface area contributed by atoms with Gasteiger partial charge in [0.25, 0.3) is 0 Å². The van der Waals surface area contributed by atoms with Crippen molar-refractivity contribution in [1.82, 2.24) is 5.32 Å². The molecule has 0 heterocycles. The molecule has 5 heteroatoms. The topological polar surface area (TPSA) is 75.6 Å². The molecule has 0 saturated heterocycles. The van der Waals surface area contributed by atoms with Crippen molar-refractivity contribution in [3.05, 3.63) is 0 Å². The number of amides is 1. The molecule has 19 heavy (non-hydrogen) atoms. The lowest BCUT2D eigenvalue weighted by Crippen LogP contribution is -2.55. The molecular weight excluding hydrogens is 246 g/mol. The second kappa shape index (κ2) is 6.89. The van der Waals surface area contributed by atoms with E-state index in [4.69, 9.17) is 4.74 Å². The molecule has 0 aromatic carbocycles. The van der Waals surface area contributed by atoms with Gasteiger partial charge in [-0.1, -0.05) is 26.7 Å². The molecule has 1 aliphatic carbocycles. The van der Waals surface area contributed by atoms with Gasteiger partial charge < -0.3 is 15.2 Å². The number of carboxylic acid groups (broad SMARTS) is 1. The quantitative estimate of drug-likeness (QED) is 0.742. The number of aliphatic carboxylic acids is 1. The van der Waals surface area contributed by atoms with Crippen LogP contribution in [0.5, 0.6) is 0 Å². The first-order valence-corrected chi connectivity index (χ1v) is 7.04. The molecule has 1 fully saturated rings. The molecule has 1 rings (SSSR count). The van der Waals surface area contributed by atoms with Gasteiger partial charge in [0.05, 0.1) is 0 Å². The van der Waals surface area contributed by atoms with E-state index in [0.29, 0.717) is 25.4 Å². The van der Waals surface area contributed by atoms with Crippen LogP contribution in [0.1, 0.15) is 52.9 Å². The SMILES string of the molecule is CC(C)CCOC(C)C(=O)NC1(C(=O)O)CCCC1. The summed E-state index contributed by atoms with van der Waals surface area (Å²) in [6, 6.07) is 0. The molecule has 0 radical (unpaired) electrons. The van der Waals surface area contributed by atoms with E-state index < -0.39 is 17.6 Å². The standard InChI is InChI=1S/C14H25NO4/c1-10(2)6-9-19-11(3)12(16)15-14(13(17)18)7-4-5-8-14/h10-11H,4-9H2,1-3H3,(H,15,16)(H,17,18). The Kier molecular flexibility index (Phi) is 5.79. The molecule has 0 aliphatic heterocycles. The number of hydrogen-bond acceptors (Lipinski definition) is 3. The van der Waals surface area contributed by atoms with E-state index in [-0.39, 0.29) is 5.91 Å². The highest BCUT2D eigenvalue weighted by Crippen LogP contribution is 2.30. The Hall–Kier alpha value is -1.10. The summed E-state index contributed by atoms with van der Waals surface area (Å²) in [4.78, 5) is 23.3. The van der Waals surface area contributed by atoms with Crippen LogP contribution in [-0.2, 0) is 14.3 Å². The summed E-state index contributed by atoms with van der Waals surface area (Å²) >= 11 is 0. The second-order valence-corrected chi connectivity index (χ2v) is 5.78. The number of carboxylic acids is 1. The molecule has 1 amide bonds. The summed E-state index contributed by atoms with van der Waals surface area (Å²) in [5, 5.41) is 12.0. The maximum atomic E-state index is 12.0. The highest BCUT2D eigenvalue weighted by atomic mass is 16.5. The Morgan fingerprint density at radius 3 is 2.32 bits per heavy atom. The second-order valence-electron chi connectivity index (χ2n) is 5.78. The van der Waals surface area contributed by atoms with Crippen molar-refractivity contribution >= 4 is 11.9 Å². The van der Waals surface area contributed by atoms with Crippen molar-refractivity contribution < 1.29 is 19.4 Å². The fourth-order valence-electron chi connectivity index (χ4n) is 2.26.